The van der Waals surface area contributed by atoms with Gasteiger partial charge in [-0.3, -0.25) is 10.1 Å². The molecule has 2 aromatic rings. The minimum Gasteiger partial charge on any atom is -0.477 e. The molecule has 1 aromatic carbocycles. The molecule has 0 atom stereocenters. The Bertz CT molecular complexity index is 646. The van der Waals surface area contributed by atoms with Gasteiger partial charge in [0.1, 0.15) is 5.69 Å². The van der Waals surface area contributed by atoms with Gasteiger partial charge >= 0.3 is 5.97 Å². The summed E-state index contributed by atoms with van der Waals surface area (Å²) in [6.45, 7) is 1.96. The molecule has 6 nitrogen and oxygen atoms in total. The lowest BCUT2D eigenvalue weighted by Crippen LogP contribution is -2.09. The lowest BCUT2D eigenvalue weighted by molar-refractivity contribution is -0.385. The number of hydrogen-bond acceptors (Lipinski definition) is 3. The Hall–Kier alpha value is -2.63. The summed E-state index contributed by atoms with van der Waals surface area (Å²) in [4.78, 5) is 21.4. The van der Waals surface area contributed by atoms with Crippen LogP contribution in [0.1, 0.15) is 21.6 Å². The van der Waals surface area contributed by atoms with Crippen molar-refractivity contribution in [2.75, 3.05) is 0 Å². The molecule has 0 aliphatic heterocycles. The van der Waals surface area contributed by atoms with E-state index in [1.807, 2.05) is 0 Å². The van der Waals surface area contributed by atoms with E-state index in [-0.39, 0.29) is 11.4 Å². The summed E-state index contributed by atoms with van der Waals surface area (Å²) in [5.41, 5.74) is 1.48. The molecule has 0 amide bonds. The monoisotopic (exact) mass is 260 g/mol. The van der Waals surface area contributed by atoms with E-state index in [4.69, 9.17) is 5.11 Å². The Morgan fingerprint density at radius 2 is 2.11 bits per heavy atom. The number of nitro groups is 1. The molecule has 0 aliphatic carbocycles. The Kier molecular flexibility index (Phi) is 3.33. The average molecular weight is 260 g/mol. The zero-order valence-corrected chi connectivity index (χ0v) is 10.2. The number of nitrogens with zero attached hydrogens (tertiary/aromatic N) is 2. The fraction of sp³-hybridized carbons (Fsp3) is 0.154. The van der Waals surface area contributed by atoms with Gasteiger partial charge in [0, 0.05) is 24.4 Å². The lowest BCUT2D eigenvalue weighted by atomic mass is 10.1. The Morgan fingerprint density at radius 3 is 2.74 bits per heavy atom. The number of carboxylic acid groups (broad SMARTS) is 1. The zero-order valence-electron chi connectivity index (χ0n) is 10.2. The van der Waals surface area contributed by atoms with E-state index < -0.39 is 10.9 Å². The van der Waals surface area contributed by atoms with Crippen LogP contribution in [0.15, 0.2) is 36.5 Å². The van der Waals surface area contributed by atoms with Crippen molar-refractivity contribution in [3.05, 3.63) is 63.5 Å². The Morgan fingerprint density at radius 1 is 1.37 bits per heavy atom. The van der Waals surface area contributed by atoms with Crippen LogP contribution in [0.25, 0.3) is 0 Å². The standard InChI is InChI=1S/C13H12N2O4/c1-9-10(4-2-5-11(9)15(18)19)8-14-7-3-6-12(14)13(16)17/h2-7H,8H2,1H3,(H,16,17). The van der Waals surface area contributed by atoms with Gasteiger partial charge in [0.25, 0.3) is 5.69 Å². The molecule has 1 aromatic heterocycles. The van der Waals surface area contributed by atoms with Gasteiger partial charge in [0.2, 0.25) is 0 Å². The van der Waals surface area contributed by atoms with Gasteiger partial charge in [-0.1, -0.05) is 12.1 Å². The number of hydrogen-bond donors (Lipinski definition) is 1. The second-order valence-corrected chi connectivity index (χ2v) is 4.14. The van der Waals surface area contributed by atoms with E-state index in [9.17, 15) is 14.9 Å². The molecule has 0 radical (unpaired) electrons. The molecule has 0 aliphatic rings. The quantitative estimate of drug-likeness (QED) is 0.675. The van der Waals surface area contributed by atoms with Crippen molar-refractivity contribution in [3.63, 3.8) is 0 Å². The topological polar surface area (TPSA) is 85.4 Å². The summed E-state index contributed by atoms with van der Waals surface area (Å²) in [6.07, 6.45) is 1.64. The zero-order chi connectivity index (χ0) is 14.0. The molecule has 6 heteroatoms. The SMILES string of the molecule is Cc1c(Cn2cccc2C(=O)O)cccc1[N+](=O)[O-]. The van der Waals surface area contributed by atoms with Crippen molar-refractivity contribution >= 4 is 11.7 Å². The van der Waals surface area contributed by atoms with Crippen LogP contribution < -0.4 is 0 Å². The highest BCUT2D eigenvalue weighted by molar-refractivity contribution is 5.85. The molecule has 0 saturated carbocycles. The van der Waals surface area contributed by atoms with Gasteiger partial charge in [-0.05, 0) is 24.6 Å². The van der Waals surface area contributed by atoms with Gasteiger partial charge in [-0.2, -0.15) is 0 Å². The highest BCUT2D eigenvalue weighted by Gasteiger charge is 2.15. The minimum atomic E-state index is -1.02. The van der Waals surface area contributed by atoms with E-state index in [1.54, 1.807) is 35.9 Å². The molecular weight excluding hydrogens is 248 g/mol. The summed E-state index contributed by atoms with van der Waals surface area (Å²) in [5.74, 6) is -1.02. The number of rotatable bonds is 4. The van der Waals surface area contributed by atoms with Crippen molar-refractivity contribution in [2.24, 2.45) is 0 Å². The van der Waals surface area contributed by atoms with Crippen LogP contribution >= 0.6 is 0 Å². The van der Waals surface area contributed by atoms with Crippen LogP contribution in [0, 0.1) is 17.0 Å². The van der Waals surface area contributed by atoms with E-state index in [0.717, 1.165) is 5.56 Å². The number of aromatic carboxylic acids is 1. The fourth-order valence-corrected chi connectivity index (χ4v) is 1.97. The van der Waals surface area contributed by atoms with Crippen molar-refractivity contribution < 1.29 is 14.8 Å². The van der Waals surface area contributed by atoms with E-state index in [2.05, 4.69) is 0 Å². The number of aromatic nitrogens is 1. The maximum atomic E-state index is 11.0. The predicted molar refractivity (Wildman–Crippen MR) is 68.3 cm³/mol. The first-order valence-electron chi connectivity index (χ1n) is 5.62. The number of benzene rings is 1. The first-order chi connectivity index (χ1) is 9.00. The van der Waals surface area contributed by atoms with Gasteiger partial charge in [0.05, 0.1) is 4.92 Å². The van der Waals surface area contributed by atoms with E-state index in [0.29, 0.717) is 12.1 Å². The maximum absolute atomic E-state index is 11.0. The summed E-state index contributed by atoms with van der Waals surface area (Å²) >= 11 is 0. The molecule has 1 heterocycles. The summed E-state index contributed by atoms with van der Waals surface area (Å²) in [5, 5.41) is 19.9. The van der Waals surface area contributed by atoms with Crippen LogP contribution in [0.4, 0.5) is 5.69 Å². The summed E-state index contributed by atoms with van der Waals surface area (Å²) in [6, 6.07) is 7.93. The Balaban J connectivity index is 2.39. The molecule has 1 N–H and O–H groups in total. The molecule has 0 spiro atoms. The summed E-state index contributed by atoms with van der Waals surface area (Å²) < 4.78 is 1.55. The van der Waals surface area contributed by atoms with E-state index in [1.165, 1.54) is 12.1 Å². The Labute approximate surface area is 109 Å². The summed E-state index contributed by atoms with van der Waals surface area (Å²) in [7, 11) is 0. The van der Waals surface area contributed by atoms with E-state index >= 15 is 0 Å². The fourth-order valence-electron chi connectivity index (χ4n) is 1.97. The molecule has 19 heavy (non-hydrogen) atoms. The van der Waals surface area contributed by atoms with Crippen LogP contribution in [0.2, 0.25) is 0 Å². The average Bonchev–Trinajstić information content (AvgIpc) is 2.79. The van der Waals surface area contributed by atoms with Crippen LogP contribution in [0.5, 0.6) is 0 Å². The number of carboxylic acids is 1. The first-order valence-corrected chi connectivity index (χ1v) is 5.62. The van der Waals surface area contributed by atoms with Crippen LogP contribution in [-0.4, -0.2) is 20.6 Å². The third kappa shape index (κ3) is 2.47. The maximum Gasteiger partial charge on any atom is 0.352 e. The van der Waals surface area contributed by atoms with Crippen LogP contribution in [-0.2, 0) is 6.54 Å². The second-order valence-electron chi connectivity index (χ2n) is 4.14. The lowest BCUT2D eigenvalue weighted by Gasteiger charge is -2.09. The van der Waals surface area contributed by atoms with Gasteiger partial charge in [-0.15, -0.1) is 0 Å². The van der Waals surface area contributed by atoms with Crippen LogP contribution in [0.3, 0.4) is 0 Å². The van der Waals surface area contributed by atoms with Crippen molar-refractivity contribution in [2.45, 2.75) is 13.5 Å². The highest BCUT2D eigenvalue weighted by atomic mass is 16.6. The number of carbonyl (C=O) groups is 1. The highest BCUT2D eigenvalue weighted by Crippen LogP contribution is 2.22. The predicted octanol–water partition coefficient (Wildman–Crippen LogP) is 2.45. The molecule has 0 bridgehead atoms. The molecular formula is C13H12N2O4. The minimum absolute atomic E-state index is 0.0431. The van der Waals surface area contributed by atoms with Gasteiger partial charge in [0.15, 0.2) is 0 Å². The molecule has 98 valence electrons. The van der Waals surface area contributed by atoms with Gasteiger partial charge in [-0.25, -0.2) is 4.79 Å². The third-order valence-electron chi connectivity index (χ3n) is 3.00. The van der Waals surface area contributed by atoms with Crippen molar-refractivity contribution in [1.29, 1.82) is 0 Å². The molecule has 0 fully saturated rings. The smallest absolute Gasteiger partial charge is 0.352 e. The third-order valence-corrected chi connectivity index (χ3v) is 3.00. The van der Waals surface area contributed by atoms with Crippen molar-refractivity contribution in [3.8, 4) is 0 Å². The molecule has 0 saturated heterocycles. The normalized spacial score (nSPS) is 10.4. The first kappa shape index (κ1) is 12.8. The molecule has 2 rings (SSSR count). The molecule has 0 unspecified atom stereocenters. The number of nitro benzene ring substituents is 1. The van der Waals surface area contributed by atoms with Crippen molar-refractivity contribution in [1.82, 2.24) is 4.57 Å². The van der Waals surface area contributed by atoms with Gasteiger partial charge < -0.3 is 9.67 Å². The largest absolute Gasteiger partial charge is 0.477 e. The second kappa shape index (κ2) is 4.93.